The lowest BCUT2D eigenvalue weighted by Gasteiger charge is -2.24. The molecule has 1 fully saturated rings. The van der Waals surface area contributed by atoms with Crippen LogP contribution in [0.5, 0.6) is 5.88 Å². The summed E-state index contributed by atoms with van der Waals surface area (Å²) in [7, 11) is 1.45. The van der Waals surface area contributed by atoms with Crippen molar-refractivity contribution in [1.82, 2.24) is 15.3 Å². The number of benzene rings is 2. The average Bonchev–Trinajstić information content (AvgIpc) is 2.82. The Morgan fingerprint density at radius 3 is 2.55 bits per heavy atom. The Morgan fingerprint density at radius 2 is 1.88 bits per heavy atom. The maximum absolute atomic E-state index is 12.8. The molecule has 3 aromatic rings. The van der Waals surface area contributed by atoms with E-state index >= 15 is 0 Å². The number of halogens is 2. The van der Waals surface area contributed by atoms with Crippen LogP contribution in [0.1, 0.15) is 40.2 Å². The SMILES string of the molecule is COc1nc(Nc2ccc(C3CCNCC3)c(C)c2)ncc1C(=O)Nc1c(Cl)cccc1Cl. The van der Waals surface area contributed by atoms with Gasteiger partial charge in [0.1, 0.15) is 5.56 Å². The second-order valence-corrected chi connectivity index (χ2v) is 8.70. The molecule has 7 nitrogen and oxygen atoms in total. The number of nitrogens with zero attached hydrogens (tertiary/aromatic N) is 2. The summed E-state index contributed by atoms with van der Waals surface area (Å²) in [4.78, 5) is 21.4. The molecule has 0 unspecified atom stereocenters. The minimum absolute atomic E-state index is 0.135. The summed E-state index contributed by atoms with van der Waals surface area (Å²) in [5, 5.41) is 9.96. The number of rotatable bonds is 6. The van der Waals surface area contributed by atoms with Crippen molar-refractivity contribution in [3.63, 3.8) is 0 Å². The number of amides is 1. The number of anilines is 3. The third-order valence-electron chi connectivity index (χ3n) is 5.70. The Balaban J connectivity index is 1.51. The second-order valence-electron chi connectivity index (χ2n) is 7.89. The summed E-state index contributed by atoms with van der Waals surface area (Å²) in [5.74, 6) is 0.570. The van der Waals surface area contributed by atoms with Crippen LogP contribution in [0.3, 0.4) is 0 Å². The first-order chi connectivity index (χ1) is 16.0. The van der Waals surface area contributed by atoms with Gasteiger partial charge in [0, 0.05) is 11.9 Å². The Kier molecular flexibility index (Phi) is 7.33. The number of nitrogens with one attached hydrogen (secondary N) is 3. The van der Waals surface area contributed by atoms with Crippen LogP contribution in [0.15, 0.2) is 42.6 Å². The van der Waals surface area contributed by atoms with Gasteiger partial charge < -0.3 is 20.7 Å². The largest absolute Gasteiger partial charge is 0.480 e. The van der Waals surface area contributed by atoms with Crippen LogP contribution in [-0.2, 0) is 0 Å². The molecule has 0 spiro atoms. The summed E-state index contributed by atoms with van der Waals surface area (Å²) in [6.07, 6.45) is 3.71. The van der Waals surface area contributed by atoms with Gasteiger partial charge in [-0.3, -0.25) is 4.79 Å². The standard InChI is InChI=1S/C24H25Cl2N5O2/c1-14-12-16(6-7-17(14)15-8-10-27-11-9-15)29-24-28-13-18(23(31-24)33-2)22(32)30-21-19(25)4-3-5-20(21)26/h3-7,12-13,15,27H,8-11H2,1-2H3,(H,30,32)(H,28,29,31). The molecule has 4 rings (SSSR count). The van der Waals surface area contributed by atoms with Crippen molar-refractivity contribution in [2.75, 3.05) is 30.8 Å². The van der Waals surface area contributed by atoms with Crippen molar-refractivity contribution in [1.29, 1.82) is 0 Å². The van der Waals surface area contributed by atoms with Crippen molar-refractivity contribution in [2.24, 2.45) is 0 Å². The van der Waals surface area contributed by atoms with Crippen molar-refractivity contribution >= 4 is 46.4 Å². The van der Waals surface area contributed by atoms with E-state index in [4.69, 9.17) is 27.9 Å². The highest BCUT2D eigenvalue weighted by Crippen LogP contribution is 2.32. The summed E-state index contributed by atoms with van der Waals surface area (Å²) in [6.45, 7) is 4.23. The lowest BCUT2D eigenvalue weighted by molar-refractivity contribution is 0.102. The summed E-state index contributed by atoms with van der Waals surface area (Å²) in [5.41, 5.74) is 3.96. The molecule has 9 heteroatoms. The van der Waals surface area contributed by atoms with E-state index in [-0.39, 0.29) is 11.4 Å². The van der Waals surface area contributed by atoms with Crippen LogP contribution in [0.4, 0.5) is 17.3 Å². The van der Waals surface area contributed by atoms with Gasteiger partial charge in [-0.05, 0) is 74.2 Å². The fourth-order valence-corrected chi connectivity index (χ4v) is 4.50. The summed E-state index contributed by atoms with van der Waals surface area (Å²) < 4.78 is 5.34. The fraction of sp³-hybridized carbons (Fsp3) is 0.292. The third kappa shape index (κ3) is 5.38. The third-order valence-corrected chi connectivity index (χ3v) is 6.33. The molecule has 2 aromatic carbocycles. The number of para-hydroxylation sites is 1. The Bertz CT molecular complexity index is 1150. The zero-order valence-corrected chi connectivity index (χ0v) is 19.9. The molecule has 0 atom stereocenters. The van der Waals surface area contributed by atoms with Crippen molar-refractivity contribution in [3.05, 3.63) is 69.3 Å². The molecule has 0 saturated carbocycles. The molecule has 0 bridgehead atoms. The monoisotopic (exact) mass is 485 g/mol. The maximum Gasteiger partial charge on any atom is 0.262 e. The Labute approximate surface area is 202 Å². The predicted molar refractivity (Wildman–Crippen MR) is 132 cm³/mol. The van der Waals surface area contributed by atoms with Gasteiger partial charge in [-0.15, -0.1) is 0 Å². The lowest BCUT2D eigenvalue weighted by atomic mass is 9.87. The molecule has 2 heterocycles. The highest BCUT2D eigenvalue weighted by molar-refractivity contribution is 6.40. The van der Waals surface area contributed by atoms with Gasteiger partial charge >= 0.3 is 0 Å². The minimum atomic E-state index is -0.476. The zero-order chi connectivity index (χ0) is 23.4. The Morgan fingerprint density at radius 1 is 1.15 bits per heavy atom. The van der Waals surface area contributed by atoms with E-state index in [2.05, 4.69) is 45.0 Å². The summed E-state index contributed by atoms with van der Waals surface area (Å²) in [6, 6.07) is 11.3. The Hall–Kier alpha value is -2.87. The average molecular weight is 486 g/mol. The first-order valence-corrected chi connectivity index (χ1v) is 11.5. The number of piperidine rings is 1. The number of ether oxygens (including phenoxy) is 1. The first kappa shape index (κ1) is 23.3. The van der Waals surface area contributed by atoms with Gasteiger partial charge in [0.2, 0.25) is 11.8 Å². The van der Waals surface area contributed by atoms with Crippen molar-refractivity contribution in [2.45, 2.75) is 25.7 Å². The van der Waals surface area contributed by atoms with Gasteiger partial charge in [0.25, 0.3) is 5.91 Å². The van der Waals surface area contributed by atoms with Gasteiger partial charge in [-0.2, -0.15) is 4.98 Å². The van der Waals surface area contributed by atoms with E-state index < -0.39 is 5.91 Å². The molecule has 1 saturated heterocycles. The molecule has 3 N–H and O–H groups in total. The number of aromatic nitrogens is 2. The highest BCUT2D eigenvalue weighted by Gasteiger charge is 2.19. The number of hydrogen-bond acceptors (Lipinski definition) is 6. The molecule has 1 aliphatic rings. The van der Waals surface area contributed by atoms with Crippen molar-refractivity contribution < 1.29 is 9.53 Å². The molecule has 1 amide bonds. The van der Waals surface area contributed by atoms with Gasteiger partial charge in [-0.1, -0.05) is 35.3 Å². The van der Waals surface area contributed by atoms with Gasteiger partial charge in [0.05, 0.1) is 22.8 Å². The van der Waals surface area contributed by atoms with E-state index in [0.717, 1.165) is 31.6 Å². The molecular formula is C24H25Cl2N5O2. The maximum atomic E-state index is 12.8. The normalized spacial score (nSPS) is 14.1. The number of carbonyl (C=O) groups excluding carboxylic acids is 1. The second kappa shape index (κ2) is 10.4. The summed E-state index contributed by atoms with van der Waals surface area (Å²) >= 11 is 12.3. The predicted octanol–water partition coefficient (Wildman–Crippen LogP) is 5.56. The molecular weight excluding hydrogens is 461 g/mol. The minimum Gasteiger partial charge on any atom is -0.480 e. The molecule has 1 aromatic heterocycles. The first-order valence-electron chi connectivity index (χ1n) is 10.7. The van der Waals surface area contributed by atoms with Crippen LogP contribution in [-0.4, -0.2) is 36.1 Å². The van der Waals surface area contributed by atoms with E-state index in [1.807, 2.05) is 6.07 Å². The molecule has 1 aliphatic heterocycles. The van der Waals surface area contributed by atoms with Crippen LogP contribution < -0.4 is 20.7 Å². The zero-order valence-electron chi connectivity index (χ0n) is 18.4. The van der Waals surface area contributed by atoms with E-state index in [0.29, 0.717) is 27.6 Å². The highest BCUT2D eigenvalue weighted by atomic mass is 35.5. The van der Waals surface area contributed by atoms with Crippen LogP contribution in [0, 0.1) is 6.92 Å². The van der Waals surface area contributed by atoms with Crippen LogP contribution >= 0.6 is 23.2 Å². The number of methoxy groups -OCH3 is 1. The van der Waals surface area contributed by atoms with E-state index in [1.54, 1.807) is 18.2 Å². The van der Waals surface area contributed by atoms with E-state index in [1.165, 1.54) is 24.4 Å². The lowest BCUT2D eigenvalue weighted by Crippen LogP contribution is -2.26. The topological polar surface area (TPSA) is 88.2 Å². The number of aryl methyl sites for hydroxylation is 1. The molecule has 0 radical (unpaired) electrons. The van der Waals surface area contributed by atoms with Crippen molar-refractivity contribution in [3.8, 4) is 5.88 Å². The number of carbonyl (C=O) groups is 1. The van der Waals surface area contributed by atoms with Gasteiger partial charge in [0.15, 0.2) is 0 Å². The van der Waals surface area contributed by atoms with Gasteiger partial charge in [-0.25, -0.2) is 4.98 Å². The fourth-order valence-electron chi connectivity index (χ4n) is 4.01. The molecule has 33 heavy (non-hydrogen) atoms. The molecule has 0 aliphatic carbocycles. The van der Waals surface area contributed by atoms with Crippen LogP contribution in [0.2, 0.25) is 10.0 Å². The number of hydrogen-bond donors (Lipinski definition) is 3. The smallest absolute Gasteiger partial charge is 0.262 e. The van der Waals surface area contributed by atoms with E-state index in [9.17, 15) is 4.79 Å². The molecule has 172 valence electrons. The van der Waals surface area contributed by atoms with Crippen LogP contribution in [0.25, 0.3) is 0 Å². The quantitative estimate of drug-likeness (QED) is 0.423.